The van der Waals surface area contributed by atoms with Gasteiger partial charge < -0.3 is 9.84 Å². The van der Waals surface area contributed by atoms with Gasteiger partial charge in [0.15, 0.2) is 5.01 Å². The van der Waals surface area contributed by atoms with E-state index in [9.17, 15) is 9.59 Å². The van der Waals surface area contributed by atoms with E-state index in [2.05, 4.69) is 20.7 Å². The molecule has 1 N–H and O–H groups in total. The van der Waals surface area contributed by atoms with Crippen molar-refractivity contribution < 1.29 is 19.4 Å². The van der Waals surface area contributed by atoms with Gasteiger partial charge in [0.05, 0.1) is 0 Å². The fraction of sp³-hybridized carbons (Fsp3) is 0.600. The maximum absolute atomic E-state index is 9.94. The second-order valence-corrected chi connectivity index (χ2v) is 2.60. The number of aliphatic carboxylic acids is 1. The summed E-state index contributed by atoms with van der Waals surface area (Å²) >= 11 is 2.95. The standard InChI is InChI=1S/C5H7BrO4/c6-4(10-3-7)1-2-5(8)9/h3-4H,1-2H2,(H,8,9)/t4-/m1/s1. The molecule has 0 aromatic heterocycles. The molecule has 1 atom stereocenters. The lowest BCUT2D eigenvalue weighted by molar-refractivity contribution is -0.138. The zero-order valence-electron chi connectivity index (χ0n) is 5.12. The molecule has 0 amide bonds. The summed E-state index contributed by atoms with van der Waals surface area (Å²) in [5.41, 5.74) is 0. The molecule has 0 aromatic rings. The third-order valence-electron chi connectivity index (χ3n) is 0.788. The van der Waals surface area contributed by atoms with Gasteiger partial charge in [-0.1, -0.05) is 0 Å². The molecule has 0 bridgehead atoms. The Morgan fingerprint density at radius 2 is 2.40 bits per heavy atom. The summed E-state index contributed by atoms with van der Waals surface area (Å²) in [6.45, 7) is 0.279. The molecule has 0 radical (unpaired) electrons. The number of ether oxygens (including phenoxy) is 1. The highest BCUT2D eigenvalue weighted by atomic mass is 79.9. The van der Waals surface area contributed by atoms with Crippen molar-refractivity contribution in [1.29, 1.82) is 0 Å². The van der Waals surface area contributed by atoms with Gasteiger partial charge >= 0.3 is 5.97 Å². The summed E-state index contributed by atoms with van der Waals surface area (Å²) in [4.78, 5) is 19.6. The molecule has 0 aliphatic heterocycles. The van der Waals surface area contributed by atoms with E-state index in [-0.39, 0.29) is 19.3 Å². The van der Waals surface area contributed by atoms with Crippen LogP contribution in [0, 0.1) is 0 Å². The first-order valence-electron chi connectivity index (χ1n) is 2.61. The Balaban J connectivity index is 3.29. The van der Waals surface area contributed by atoms with Gasteiger partial charge in [0, 0.05) is 12.8 Å². The van der Waals surface area contributed by atoms with Crippen LogP contribution in [0.2, 0.25) is 0 Å². The molecule has 0 aromatic carbocycles. The topological polar surface area (TPSA) is 63.6 Å². The van der Waals surface area contributed by atoms with Crippen molar-refractivity contribution in [1.82, 2.24) is 0 Å². The van der Waals surface area contributed by atoms with Gasteiger partial charge in [-0.15, -0.1) is 0 Å². The smallest absolute Gasteiger partial charge is 0.303 e. The van der Waals surface area contributed by atoms with Crippen LogP contribution >= 0.6 is 15.9 Å². The molecule has 5 heteroatoms. The summed E-state index contributed by atoms with van der Waals surface area (Å²) < 4.78 is 4.36. The van der Waals surface area contributed by atoms with Gasteiger partial charge in [-0.2, -0.15) is 0 Å². The predicted molar refractivity (Wildman–Crippen MR) is 36.7 cm³/mol. The highest BCUT2D eigenvalue weighted by molar-refractivity contribution is 9.09. The normalized spacial score (nSPS) is 12.1. The summed E-state index contributed by atoms with van der Waals surface area (Å²) in [7, 11) is 0. The molecule has 0 aliphatic rings. The number of rotatable bonds is 5. The highest BCUT2D eigenvalue weighted by Crippen LogP contribution is 2.07. The van der Waals surface area contributed by atoms with Crippen LogP contribution in [-0.2, 0) is 14.3 Å². The average molecular weight is 211 g/mol. The van der Waals surface area contributed by atoms with Gasteiger partial charge in [-0.25, -0.2) is 0 Å². The lowest BCUT2D eigenvalue weighted by Crippen LogP contribution is -2.06. The zero-order chi connectivity index (χ0) is 7.98. The summed E-state index contributed by atoms with van der Waals surface area (Å²) in [6.07, 6.45) is 0.276. The van der Waals surface area contributed by atoms with E-state index in [4.69, 9.17) is 5.11 Å². The number of carboxylic acids is 1. The molecule has 58 valence electrons. The van der Waals surface area contributed by atoms with Crippen molar-refractivity contribution in [3.63, 3.8) is 0 Å². The third-order valence-corrected chi connectivity index (χ3v) is 1.46. The molecule has 0 rings (SSSR count). The lowest BCUT2D eigenvalue weighted by atomic mass is 10.3. The largest absolute Gasteiger partial charge is 0.481 e. The summed E-state index contributed by atoms with van der Waals surface area (Å²) in [5, 5.41) is 7.68. The molecule has 0 fully saturated rings. The quantitative estimate of drug-likeness (QED) is 0.538. The van der Waals surface area contributed by atoms with E-state index in [1.165, 1.54) is 0 Å². The van der Waals surface area contributed by atoms with Crippen molar-refractivity contribution in [2.45, 2.75) is 17.9 Å². The maximum Gasteiger partial charge on any atom is 0.303 e. The van der Waals surface area contributed by atoms with E-state index in [1.54, 1.807) is 0 Å². The molecule has 0 saturated carbocycles. The first kappa shape index (κ1) is 9.42. The van der Waals surface area contributed by atoms with Crippen molar-refractivity contribution in [3.8, 4) is 0 Å². The minimum atomic E-state index is -0.904. The van der Waals surface area contributed by atoms with Gasteiger partial charge in [0.2, 0.25) is 0 Å². The lowest BCUT2D eigenvalue weighted by Gasteiger charge is -2.03. The Hall–Kier alpha value is -0.580. The molecule has 0 spiro atoms. The Morgan fingerprint density at radius 3 is 2.80 bits per heavy atom. The number of alkyl halides is 1. The Morgan fingerprint density at radius 1 is 1.80 bits per heavy atom. The molecule has 10 heavy (non-hydrogen) atoms. The second kappa shape index (κ2) is 5.22. The fourth-order valence-corrected chi connectivity index (χ4v) is 0.682. The van der Waals surface area contributed by atoms with Crippen molar-refractivity contribution >= 4 is 28.4 Å². The van der Waals surface area contributed by atoms with Gasteiger partial charge in [-0.05, 0) is 15.9 Å². The average Bonchev–Trinajstić information content (AvgIpc) is 1.85. The van der Waals surface area contributed by atoms with E-state index in [0.717, 1.165) is 0 Å². The molecule has 0 unspecified atom stereocenters. The minimum Gasteiger partial charge on any atom is -0.481 e. The molecule has 0 heterocycles. The number of carbonyl (C=O) groups excluding carboxylic acids is 1. The number of carbonyl (C=O) groups is 2. The number of hydrogen-bond donors (Lipinski definition) is 1. The summed E-state index contributed by atoms with van der Waals surface area (Å²) in [5.74, 6) is -0.904. The van der Waals surface area contributed by atoms with Gasteiger partial charge in [0.25, 0.3) is 6.47 Å². The van der Waals surface area contributed by atoms with E-state index >= 15 is 0 Å². The first-order chi connectivity index (χ1) is 4.66. The SMILES string of the molecule is O=CO[C@@H](Br)CCC(=O)O. The van der Waals surface area contributed by atoms with Gasteiger partial charge in [-0.3, -0.25) is 9.59 Å². The van der Waals surface area contributed by atoms with E-state index in [1.807, 2.05) is 0 Å². The van der Waals surface area contributed by atoms with Gasteiger partial charge in [0.1, 0.15) is 0 Å². The van der Waals surface area contributed by atoms with Crippen molar-refractivity contribution in [2.75, 3.05) is 0 Å². The molecule has 0 aliphatic carbocycles. The Kier molecular flexibility index (Phi) is 4.92. The Bertz CT molecular complexity index is 125. The van der Waals surface area contributed by atoms with Crippen LogP contribution in [0.4, 0.5) is 0 Å². The Labute approximate surface area is 66.3 Å². The minimum absolute atomic E-state index is 0.0102. The number of carboxylic acid groups (broad SMARTS) is 1. The van der Waals surface area contributed by atoms with E-state index in [0.29, 0.717) is 0 Å². The van der Waals surface area contributed by atoms with Crippen LogP contribution < -0.4 is 0 Å². The van der Waals surface area contributed by atoms with Crippen LogP contribution in [0.25, 0.3) is 0 Å². The van der Waals surface area contributed by atoms with Crippen LogP contribution in [0.5, 0.6) is 0 Å². The summed E-state index contributed by atoms with van der Waals surface area (Å²) in [6, 6.07) is 0. The van der Waals surface area contributed by atoms with Crippen LogP contribution in [0.1, 0.15) is 12.8 Å². The van der Waals surface area contributed by atoms with Crippen LogP contribution in [0.3, 0.4) is 0 Å². The number of halogens is 1. The second-order valence-electron chi connectivity index (χ2n) is 1.57. The molecular weight excluding hydrogens is 204 g/mol. The van der Waals surface area contributed by atoms with E-state index < -0.39 is 11.0 Å². The molecular formula is C5H7BrO4. The van der Waals surface area contributed by atoms with Crippen LogP contribution in [0.15, 0.2) is 0 Å². The number of hydrogen-bond acceptors (Lipinski definition) is 3. The zero-order valence-corrected chi connectivity index (χ0v) is 6.70. The van der Waals surface area contributed by atoms with Crippen molar-refractivity contribution in [2.24, 2.45) is 0 Å². The fourth-order valence-electron chi connectivity index (χ4n) is 0.365. The molecule has 0 saturated heterocycles. The first-order valence-corrected chi connectivity index (χ1v) is 3.53. The monoisotopic (exact) mass is 210 g/mol. The third kappa shape index (κ3) is 5.55. The maximum atomic E-state index is 9.94. The van der Waals surface area contributed by atoms with Crippen LogP contribution in [-0.4, -0.2) is 22.6 Å². The highest BCUT2D eigenvalue weighted by Gasteiger charge is 2.05. The van der Waals surface area contributed by atoms with Crippen molar-refractivity contribution in [3.05, 3.63) is 0 Å². The molecule has 4 nitrogen and oxygen atoms in total. The predicted octanol–water partition coefficient (Wildman–Crippen LogP) is 0.745.